The molecule has 0 unspecified atom stereocenters. The average Bonchev–Trinajstić information content (AvgIpc) is 2.79. The smallest absolute Gasteiger partial charge is 0.411 e. The van der Waals surface area contributed by atoms with Crippen LogP contribution in [0.1, 0.15) is 5.56 Å². The van der Waals surface area contributed by atoms with E-state index in [1.807, 2.05) is 30.3 Å². The fourth-order valence-corrected chi connectivity index (χ4v) is 4.06. The SMILES string of the molecule is N#CC(=NNc1cc(Br)c(Oc2ccc(=O)n(Cc3ccccc3)c2)c(Br)c1)C(=O)NC(=O)O. The van der Waals surface area contributed by atoms with E-state index in [1.54, 1.807) is 24.4 Å². The molecule has 0 fully saturated rings. The lowest BCUT2D eigenvalue weighted by atomic mass is 10.2. The minimum atomic E-state index is -1.60. The molecule has 0 aliphatic heterocycles. The van der Waals surface area contributed by atoms with Crippen LogP contribution < -0.4 is 21.0 Å². The van der Waals surface area contributed by atoms with E-state index in [2.05, 4.69) is 42.4 Å². The summed E-state index contributed by atoms with van der Waals surface area (Å²) in [6, 6.07) is 17.2. The number of carbonyl (C=O) groups excluding carboxylic acids is 1. The topological polar surface area (TPSA) is 146 Å². The zero-order valence-corrected chi connectivity index (χ0v) is 20.3. The highest BCUT2D eigenvalue weighted by Crippen LogP contribution is 2.39. The van der Waals surface area contributed by atoms with Crippen LogP contribution in [-0.4, -0.2) is 27.4 Å². The predicted octanol–water partition coefficient (Wildman–Crippen LogP) is 4.30. The highest BCUT2D eigenvalue weighted by molar-refractivity contribution is 9.11. The van der Waals surface area contributed by atoms with Crippen molar-refractivity contribution >= 4 is 55.3 Å². The second kappa shape index (κ2) is 11.3. The summed E-state index contributed by atoms with van der Waals surface area (Å²) in [5, 5.41) is 22.8. The molecule has 2 aromatic carbocycles. The number of aromatic nitrogens is 1. The van der Waals surface area contributed by atoms with E-state index in [-0.39, 0.29) is 5.56 Å². The van der Waals surface area contributed by atoms with Crippen LogP contribution in [0.15, 0.2) is 79.6 Å². The van der Waals surface area contributed by atoms with Crippen molar-refractivity contribution < 1.29 is 19.4 Å². The van der Waals surface area contributed by atoms with Crippen LogP contribution in [0, 0.1) is 11.3 Å². The second-order valence-electron chi connectivity index (χ2n) is 6.63. The number of anilines is 1. The number of nitrogens with one attached hydrogen (secondary N) is 2. The average molecular weight is 589 g/mol. The third-order valence-electron chi connectivity index (χ3n) is 4.21. The Morgan fingerprint density at radius 1 is 1.12 bits per heavy atom. The molecular weight excluding hydrogens is 574 g/mol. The zero-order valence-electron chi connectivity index (χ0n) is 17.2. The molecule has 3 aromatic rings. The van der Waals surface area contributed by atoms with Gasteiger partial charge in [0.15, 0.2) is 5.75 Å². The molecule has 12 heteroatoms. The first kappa shape index (κ1) is 24.7. The van der Waals surface area contributed by atoms with Crippen molar-refractivity contribution in [1.82, 2.24) is 9.88 Å². The molecule has 1 aromatic heterocycles. The molecule has 3 N–H and O–H groups in total. The molecule has 0 saturated carbocycles. The van der Waals surface area contributed by atoms with E-state index < -0.39 is 17.7 Å². The monoisotopic (exact) mass is 587 g/mol. The van der Waals surface area contributed by atoms with Gasteiger partial charge in [-0.15, -0.1) is 0 Å². The van der Waals surface area contributed by atoms with Gasteiger partial charge in [-0.2, -0.15) is 10.4 Å². The Morgan fingerprint density at radius 3 is 2.41 bits per heavy atom. The van der Waals surface area contributed by atoms with Gasteiger partial charge in [-0.1, -0.05) is 30.3 Å². The molecule has 3 rings (SSSR count). The molecular formula is C22H15Br2N5O5. The highest BCUT2D eigenvalue weighted by Gasteiger charge is 2.15. The largest absolute Gasteiger partial charge is 0.465 e. The van der Waals surface area contributed by atoms with Crippen molar-refractivity contribution in [3.05, 3.63) is 85.7 Å². The first-order valence-corrected chi connectivity index (χ1v) is 11.0. The van der Waals surface area contributed by atoms with Gasteiger partial charge < -0.3 is 14.4 Å². The first-order chi connectivity index (χ1) is 16.3. The van der Waals surface area contributed by atoms with Gasteiger partial charge in [0.05, 0.1) is 27.4 Å². The standard InChI is InChI=1S/C22H15Br2N5O5/c23-16-8-14(27-28-18(10-25)21(31)26-22(32)33)9-17(24)20(16)34-15-6-7-19(30)29(12-15)11-13-4-2-1-3-5-13/h1-9,12,27H,11H2,(H,26,31)(H,32,33). The van der Waals surface area contributed by atoms with Gasteiger partial charge in [0, 0.05) is 6.07 Å². The van der Waals surface area contributed by atoms with Crippen LogP contribution in [-0.2, 0) is 11.3 Å². The molecule has 172 valence electrons. The number of hydrogen-bond acceptors (Lipinski definition) is 7. The van der Waals surface area contributed by atoms with E-state index >= 15 is 0 Å². The number of rotatable bonds is 7. The fourth-order valence-electron chi connectivity index (χ4n) is 2.72. The molecule has 0 aliphatic carbocycles. The number of ether oxygens (including phenoxy) is 1. The summed E-state index contributed by atoms with van der Waals surface area (Å²) in [6.45, 7) is 0.386. The first-order valence-electron chi connectivity index (χ1n) is 9.46. The lowest BCUT2D eigenvalue weighted by molar-refractivity contribution is -0.114. The van der Waals surface area contributed by atoms with E-state index in [4.69, 9.17) is 15.1 Å². The van der Waals surface area contributed by atoms with Crippen molar-refractivity contribution in [2.24, 2.45) is 5.10 Å². The van der Waals surface area contributed by atoms with Crippen LogP contribution in [0.5, 0.6) is 11.5 Å². The number of hydrazone groups is 1. The summed E-state index contributed by atoms with van der Waals surface area (Å²) in [5.74, 6) is -0.331. The number of carboxylic acid groups (broad SMARTS) is 1. The summed E-state index contributed by atoms with van der Waals surface area (Å²) in [6.07, 6.45) is 0.000295. The quantitative estimate of drug-likeness (QED) is 0.275. The van der Waals surface area contributed by atoms with E-state index in [0.717, 1.165) is 5.56 Å². The summed E-state index contributed by atoms with van der Waals surface area (Å²) in [5.41, 5.74) is 3.01. The minimum Gasteiger partial charge on any atom is -0.465 e. The molecule has 0 bridgehead atoms. The molecule has 0 radical (unpaired) electrons. The number of nitrogens with zero attached hydrogens (tertiary/aromatic N) is 3. The summed E-state index contributed by atoms with van der Waals surface area (Å²) >= 11 is 6.79. The van der Waals surface area contributed by atoms with Crippen LogP contribution in [0.2, 0.25) is 0 Å². The summed E-state index contributed by atoms with van der Waals surface area (Å²) in [4.78, 5) is 34.4. The van der Waals surface area contributed by atoms with Gasteiger partial charge in [-0.25, -0.2) is 4.79 Å². The maximum Gasteiger partial charge on any atom is 0.411 e. The van der Waals surface area contributed by atoms with Crippen molar-refractivity contribution in [2.75, 3.05) is 5.43 Å². The number of halogens is 2. The molecule has 1 heterocycles. The third kappa shape index (κ3) is 6.53. The lowest BCUT2D eigenvalue weighted by Crippen LogP contribution is -2.34. The summed E-state index contributed by atoms with van der Waals surface area (Å²) in [7, 11) is 0. The number of carbonyl (C=O) groups is 2. The fraction of sp³-hybridized carbons (Fsp3) is 0.0455. The Balaban J connectivity index is 1.79. The Labute approximate surface area is 209 Å². The third-order valence-corrected chi connectivity index (χ3v) is 5.39. The Hall–Kier alpha value is -3.95. The van der Waals surface area contributed by atoms with E-state index in [1.165, 1.54) is 22.0 Å². The van der Waals surface area contributed by atoms with Gasteiger partial charge in [0.2, 0.25) is 5.71 Å². The van der Waals surface area contributed by atoms with Crippen LogP contribution in [0.25, 0.3) is 0 Å². The molecule has 34 heavy (non-hydrogen) atoms. The Morgan fingerprint density at radius 2 is 1.79 bits per heavy atom. The van der Waals surface area contributed by atoms with Crippen molar-refractivity contribution in [3.63, 3.8) is 0 Å². The number of amides is 2. The maximum absolute atomic E-state index is 12.2. The number of pyridine rings is 1. The molecule has 10 nitrogen and oxygen atoms in total. The van der Waals surface area contributed by atoms with E-state index in [9.17, 15) is 14.4 Å². The van der Waals surface area contributed by atoms with Crippen LogP contribution in [0.4, 0.5) is 10.5 Å². The Kier molecular flexibility index (Phi) is 8.18. The number of imide groups is 1. The normalized spacial score (nSPS) is 10.8. The van der Waals surface area contributed by atoms with Gasteiger partial charge >= 0.3 is 6.09 Å². The Bertz CT molecular complexity index is 1340. The van der Waals surface area contributed by atoms with Crippen LogP contribution >= 0.6 is 31.9 Å². The predicted molar refractivity (Wildman–Crippen MR) is 131 cm³/mol. The maximum atomic E-state index is 12.2. The number of benzene rings is 2. The van der Waals surface area contributed by atoms with E-state index in [0.29, 0.717) is 32.7 Å². The second-order valence-corrected chi connectivity index (χ2v) is 8.34. The lowest BCUT2D eigenvalue weighted by Gasteiger charge is -2.13. The molecule has 2 amide bonds. The van der Waals surface area contributed by atoms with Crippen molar-refractivity contribution in [3.8, 4) is 17.6 Å². The van der Waals surface area contributed by atoms with Gasteiger partial charge in [0.1, 0.15) is 11.8 Å². The minimum absolute atomic E-state index is 0.174. The molecule has 0 spiro atoms. The van der Waals surface area contributed by atoms with Crippen molar-refractivity contribution in [1.29, 1.82) is 5.26 Å². The molecule has 0 aliphatic rings. The van der Waals surface area contributed by atoms with Gasteiger partial charge in [-0.05, 0) is 55.6 Å². The molecule has 0 saturated heterocycles. The number of nitriles is 1. The zero-order chi connectivity index (χ0) is 24.7. The molecule has 0 atom stereocenters. The highest BCUT2D eigenvalue weighted by atomic mass is 79.9. The van der Waals surface area contributed by atoms with Crippen molar-refractivity contribution in [2.45, 2.75) is 6.54 Å². The summed E-state index contributed by atoms with van der Waals surface area (Å²) < 4.78 is 8.48. The van der Waals surface area contributed by atoms with Gasteiger partial charge in [0.25, 0.3) is 11.5 Å². The van der Waals surface area contributed by atoms with Gasteiger partial charge in [-0.3, -0.25) is 20.3 Å². The van der Waals surface area contributed by atoms with Crippen LogP contribution in [0.3, 0.4) is 0 Å². The number of hydrogen-bond donors (Lipinski definition) is 3.